The predicted molar refractivity (Wildman–Crippen MR) is 82.8 cm³/mol. The maximum absolute atomic E-state index is 6.08. The first-order valence-electron chi connectivity index (χ1n) is 7.99. The number of rotatable bonds is 6. The van der Waals surface area contributed by atoms with E-state index < -0.39 is 0 Å². The van der Waals surface area contributed by atoms with Crippen LogP contribution in [0.25, 0.3) is 0 Å². The summed E-state index contributed by atoms with van der Waals surface area (Å²) in [5, 5.41) is 0. The second-order valence-corrected chi connectivity index (χ2v) is 6.15. The summed E-state index contributed by atoms with van der Waals surface area (Å²) >= 11 is 0. The van der Waals surface area contributed by atoms with Crippen molar-refractivity contribution in [2.45, 2.75) is 58.7 Å². The zero-order valence-electron chi connectivity index (χ0n) is 13.1. The molecule has 1 fully saturated rings. The third kappa shape index (κ3) is 3.62. The van der Waals surface area contributed by atoms with Gasteiger partial charge in [0, 0.05) is 11.3 Å². The normalized spacial score (nSPS) is 28.2. The predicted octanol–water partition coefficient (Wildman–Crippen LogP) is 4.75. The summed E-state index contributed by atoms with van der Waals surface area (Å²) in [6.45, 7) is 8.36. The molecule has 0 aliphatic carbocycles. The lowest BCUT2D eigenvalue weighted by atomic mass is 9.81. The van der Waals surface area contributed by atoms with E-state index in [1.54, 1.807) is 0 Å². The molecular weight excluding hydrogens is 248 g/mol. The maximum atomic E-state index is 6.08. The molecule has 2 rings (SSSR count). The molecule has 1 atom stereocenters. The first kappa shape index (κ1) is 15.5. The van der Waals surface area contributed by atoms with E-state index in [-0.39, 0.29) is 17.6 Å². The third-order valence-corrected chi connectivity index (χ3v) is 4.65. The Labute approximate surface area is 123 Å². The van der Waals surface area contributed by atoms with Crippen molar-refractivity contribution in [3.63, 3.8) is 0 Å². The maximum Gasteiger partial charge on any atom is 0.164 e. The molecule has 0 amide bonds. The standard InChI is InChI=1S/C18H28O2/c1-4-6-12-18(5-2)13-19-17(20-14-18)15(3)16-10-8-7-9-11-16/h7-11,15,17H,4-6,12-14H2,1-3H3. The van der Waals surface area contributed by atoms with Crippen molar-refractivity contribution in [1.82, 2.24) is 0 Å². The van der Waals surface area contributed by atoms with Crippen molar-refractivity contribution in [3.8, 4) is 0 Å². The minimum absolute atomic E-state index is 0.0984. The Morgan fingerprint density at radius 2 is 1.80 bits per heavy atom. The molecule has 2 heteroatoms. The Kier molecular flexibility index (Phi) is 5.62. The molecule has 0 spiro atoms. The van der Waals surface area contributed by atoms with Crippen LogP contribution in [0.3, 0.4) is 0 Å². The number of benzene rings is 1. The lowest BCUT2D eigenvalue weighted by molar-refractivity contribution is -0.239. The zero-order valence-corrected chi connectivity index (χ0v) is 13.1. The van der Waals surface area contributed by atoms with E-state index in [1.165, 1.54) is 24.8 Å². The quantitative estimate of drug-likeness (QED) is 0.746. The number of hydrogen-bond acceptors (Lipinski definition) is 2. The fourth-order valence-electron chi connectivity index (χ4n) is 2.89. The van der Waals surface area contributed by atoms with E-state index in [0.717, 1.165) is 19.6 Å². The summed E-state index contributed by atoms with van der Waals surface area (Å²) in [5.41, 5.74) is 1.53. The lowest BCUT2D eigenvalue weighted by Crippen LogP contribution is -2.43. The van der Waals surface area contributed by atoms with E-state index in [4.69, 9.17) is 9.47 Å². The number of ether oxygens (including phenoxy) is 2. The first-order valence-corrected chi connectivity index (χ1v) is 7.99. The number of unbranched alkanes of at least 4 members (excludes halogenated alkanes) is 1. The second kappa shape index (κ2) is 7.24. The monoisotopic (exact) mass is 276 g/mol. The van der Waals surface area contributed by atoms with Gasteiger partial charge in [0.25, 0.3) is 0 Å². The molecule has 112 valence electrons. The molecule has 0 saturated carbocycles. The largest absolute Gasteiger partial charge is 0.351 e. The van der Waals surface area contributed by atoms with Gasteiger partial charge in [0.15, 0.2) is 6.29 Å². The molecule has 0 N–H and O–H groups in total. The lowest BCUT2D eigenvalue weighted by Gasteiger charge is -2.41. The summed E-state index contributed by atoms with van der Waals surface area (Å²) in [4.78, 5) is 0. The summed E-state index contributed by atoms with van der Waals surface area (Å²) in [6, 6.07) is 10.5. The van der Waals surface area contributed by atoms with Gasteiger partial charge in [-0.3, -0.25) is 0 Å². The van der Waals surface area contributed by atoms with Crippen molar-refractivity contribution >= 4 is 0 Å². The van der Waals surface area contributed by atoms with Crippen LogP contribution >= 0.6 is 0 Å². The van der Waals surface area contributed by atoms with Crippen LogP contribution in [-0.4, -0.2) is 19.5 Å². The van der Waals surface area contributed by atoms with Crippen molar-refractivity contribution in [1.29, 1.82) is 0 Å². The highest BCUT2D eigenvalue weighted by molar-refractivity contribution is 5.19. The summed E-state index contributed by atoms with van der Waals surface area (Å²) in [5.74, 6) is 0.289. The van der Waals surface area contributed by atoms with Crippen LogP contribution in [0, 0.1) is 5.41 Å². The van der Waals surface area contributed by atoms with Crippen LogP contribution in [0.4, 0.5) is 0 Å². The van der Waals surface area contributed by atoms with E-state index in [2.05, 4.69) is 45.0 Å². The second-order valence-electron chi connectivity index (χ2n) is 6.15. The van der Waals surface area contributed by atoms with E-state index in [1.807, 2.05) is 6.07 Å². The van der Waals surface area contributed by atoms with Crippen LogP contribution in [0.15, 0.2) is 30.3 Å². The summed E-state index contributed by atoms with van der Waals surface area (Å²) in [6.07, 6.45) is 4.76. The minimum atomic E-state index is -0.0984. The summed E-state index contributed by atoms with van der Waals surface area (Å²) in [7, 11) is 0. The molecule has 1 unspecified atom stereocenters. The minimum Gasteiger partial charge on any atom is -0.351 e. The molecule has 2 nitrogen and oxygen atoms in total. The van der Waals surface area contributed by atoms with Crippen LogP contribution in [-0.2, 0) is 9.47 Å². The molecular formula is C18H28O2. The Morgan fingerprint density at radius 3 is 2.35 bits per heavy atom. The van der Waals surface area contributed by atoms with Gasteiger partial charge >= 0.3 is 0 Å². The number of hydrogen-bond donors (Lipinski definition) is 0. The summed E-state index contributed by atoms with van der Waals surface area (Å²) < 4.78 is 12.2. The average Bonchev–Trinajstić information content (AvgIpc) is 2.53. The van der Waals surface area contributed by atoms with Gasteiger partial charge in [-0.05, 0) is 18.4 Å². The van der Waals surface area contributed by atoms with Crippen LogP contribution in [0.1, 0.15) is 57.9 Å². The highest BCUT2D eigenvalue weighted by atomic mass is 16.7. The van der Waals surface area contributed by atoms with Gasteiger partial charge in [0.2, 0.25) is 0 Å². The topological polar surface area (TPSA) is 18.5 Å². The first-order chi connectivity index (χ1) is 9.71. The zero-order chi connectivity index (χ0) is 14.4. The van der Waals surface area contributed by atoms with Crippen LogP contribution in [0.5, 0.6) is 0 Å². The Morgan fingerprint density at radius 1 is 1.15 bits per heavy atom. The Hall–Kier alpha value is -0.860. The highest BCUT2D eigenvalue weighted by Gasteiger charge is 2.36. The Balaban J connectivity index is 1.93. The van der Waals surface area contributed by atoms with Gasteiger partial charge in [-0.25, -0.2) is 0 Å². The van der Waals surface area contributed by atoms with E-state index in [0.29, 0.717) is 0 Å². The smallest absolute Gasteiger partial charge is 0.164 e. The molecule has 1 aliphatic heterocycles. The van der Waals surface area contributed by atoms with Crippen LogP contribution in [0.2, 0.25) is 0 Å². The Bertz CT molecular complexity index is 380. The molecule has 20 heavy (non-hydrogen) atoms. The molecule has 1 saturated heterocycles. The SMILES string of the molecule is CCCCC1(CC)COC(C(C)c2ccccc2)OC1. The fraction of sp³-hybridized carbons (Fsp3) is 0.667. The van der Waals surface area contributed by atoms with Gasteiger partial charge in [-0.15, -0.1) is 0 Å². The van der Waals surface area contributed by atoms with Gasteiger partial charge < -0.3 is 9.47 Å². The average molecular weight is 276 g/mol. The molecule has 0 radical (unpaired) electrons. The fourth-order valence-corrected chi connectivity index (χ4v) is 2.89. The molecule has 0 bridgehead atoms. The molecule has 1 aromatic rings. The van der Waals surface area contributed by atoms with Gasteiger partial charge in [-0.1, -0.05) is 63.9 Å². The van der Waals surface area contributed by atoms with E-state index in [9.17, 15) is 0 Å². The molecule has 1 heterocycles. The van der Waals surface area contributed by atoms with Crippen molar-refractivity contribution in [2.24, 2.45) is 5.41 Å². The molecule has 1 aromatic carbocycles. The third-order valence-electron chi connectivity index (χ3n) is 4.65. The van der Waals surface area contributed by atoms with Gasteiger partial charge in [0.1, 0.15) is 0 Å². The van der Waals surface area contributed by atoms with Crippen molar-refractivity contribution < 1.29 is 9.47 Å². The van der Waals surface area contributed by atoms with E-state index >= 15 is 0 Å². The molecule has 0 aromatic heterocycles. The van der Waals surface area contributed by atoms with Crippen LogP contribution < -0.4 is 0 Å². The van der Waals surface area contributed by atoms with Crippen molar-refractivity contribution in [3.05, 3.63) is 35.9 Å². The van der Waals surface area contributed by atoms with Gasteiger partial charge in [-0.2, -0.15) is 0 Å². The van der Waals surface area contributed by atoms with Crippen molar-refractivity contribution in [2.75, 3.05) is 13.2 Å². The molecule has 1 aliphatic rings. The van der Waals surface area contributed by atoms with Gasteiger partial charge in [0.05, 0.1) is 13.2 Å². The highest BCUT2D eigenvalue weighted by Crippen LogP contribution is 2.36.